The van der Waals surface area contributed by atoms with Crippen LogP contribution < -0.4 is 11.3 Å². The summed E-state index contributed by atoms with van der Waals surface area (Å²) >= 11 is 0. The summed E-state index contributed by atoms with van der Waals surface area (Å²) in [6.45, 7) is 5.75. The Labute approximate surface area is 118 Å². The smallest absolute Gasteiger partial charge is 0.293 e. The maximum absolute atomic E-state index is 11.0. The van der Waals surface area contributed by atoms with Crippen molar-refractivity contribution in [2.24, 2.45) is 5.84 Å². The highest BCUT2D eigenvalue weighted by Crippen LogP contribution is 2.28. The first-order valence-corrected chi connectivity index (χ1v) is 6.68. The second-order valence-corrected chi connectivity index (χ2v) is 5.28. The highest BCUT2D eigenvalue weighted by Gasteiger charge is 2.23. The van der Waals surface area contributed by atoms with Crippen molar-refractivity contribution in [2.45, 2.75) is 19.5 Å². The molecule has 2 rings (SSSR count). The second-order valence-electron chi connectivity index (χ2n) is 5.28. The number of nitro groups is 1. The van der Waals surface area contributed by atoms with Crippen LogP contribution in [-0.2, 0) is 6.54 Å². The summed E-state index contributed by atoms with van der Waals surface area (Å²) in [4.78, 5) is 15.2. The molecule has 3 N–H and O–H groups in total. The van der Waals surface area contributed by atoms with Gasteiger partial charge in [-0.05, 0) is 19.5 Å². The average Bonchev–Trinajstić information content (AvgIpc) is 2.42. The minimum Gasteiger partial charge on any atom is -0.318 e. The van der Waals surface area contributed by atoms with Crippen LogP contribution >= 0.6 is 0 Å². The molecule has 1 atom stereocenters. The van der Waals surface area contributed by atoms with Crippen LogP contribution in [0, 0.1) is 10.1 Å². The number of piperazine rings is 1. The number of likely N-dealkylation sites (N-methyl/N-ethyl adjacent to an activating group) is 1. The minimum absolute atomic E-state index is 0.0205. The van der Waals surface area contributed by atoms with E-state index in [0.717, 1.165) is 25.2 Å². The molecule has 1 aromatic rings. The average molecular weight is 279 g/mol. The van der Waals surface area contributed by atoms with Gasteiger partial charge >= 0.3 is 0 Å². The van der Waals surface area contributed by atoms with Crippen molar-refractivity contribution in [3.63, 3.8) is 0 Å². The van der Waals surface area contributed by atoms with Gasteiger partial charge in [0, 0.05) is 38.3 Å². The molecule has 0 saturated carbocycles. The standard InChI is InChI=1S/C13H21N5O2/c1-10-8-17(7-6-16(10)2)9-11-4-3-5-12(18(19)20)13(11)15-14/h3-5,10,15H,6-9,14H2,1-2H3. The quantitative estimate of drug-likeness (QED) is 0.486. The van der Waals surface area contributed by atoms with E-state index in [4.69, 9.17) is 5.84 Å². The highest BCUT2D eigenvalue weighted by atomic mass is 16.6. The first-order chi connectivity index (χ1) is 9.52. The number of nitrogens with zero attached hydrogens (tertiary/aromatic N) is 3. The minimum atomic E-state index is -0.411. The molecule has 1 aliphatic heterocycles. The van der Waals surface area contributed by atoms with Gasteiger partial charge in [-0.3, -0.25) is 20.9 Å². The summed E-state index contributed by atoms with van der Waals surface area (Å²) in [5.74, 6) is 5.46. The van der Waals surface area contributed by atoms with E-state index in [-0.39, 0.29) is 5.69 Å². The van der Waals surface area contributed by atoms with Crippen molar-refractivity contribution in [1.29, 1.82) is 0 Å². The van der Waals surface area contributed by atoms with E-state index < -0.39 is 4.92 Å². The molecule has 1 heterocycles. The van der Waals surface area contributed by atoms with E-state index in [1.165, 1.54) is 6.07 Å². The zero-order valence-electron chi connectivity index (χ0n) is 11.9. The zero-order valence-corrected chi connectivity index (χ0v) is 11.9. The molecule has 7 heteroatoms. The van der Waals surface area contributed by atoms with E-state index in [9.17, 15) is 10.1 Å². The Balaban J connectivity index is 2.17. The first-order valence-electron chi connectivity index (χ1n) is 6.68. The molecule has 7 nitrogen and oxygen atoms in total. The number of hydrogen-bond donors (Lipinski definition) is 2. The van der Waals surface area contributed by atoms with E-state index in [1.54, 1.807) is 6.07 Å². The number of nitrogen functional groups attached to an aromatic ring is 1. The molecule has 1 fully saturated rings. The number of benzene rings is 1. The van der Waals surface area contributed by atoms with Crippen LogP contribution in [0.1, 0.15) is 12.5 Å². The van der Waals surface area contributed by atoms with Gasteiger partial charge in [0.05, 0.1) is 4.92 Å². The lowest BCUT2D eigenvalue weighted by atomic mass is 10.1. The second kappa shape index (κ2) is 6.17. The Kier molecular flexibility index (Phi) is 4.53. The van der Waals surface area contributed by atoms with Crippen LogP contribution in [0.15, 0.2) is 18.2 Å². The topological polar surface area (TPSA) is 87.7 Å². The predicted molar refractivity (Wildman–Crippen MR) is 78.3 cm³/mol. The van der Waals surface area contributed by atoms with Gasteiger partial charge in [-0.2, -0.15) is 0 Å². The van der Waals surface area contributed by atoms with Crippen molar-refractivity contribution in [3.05, 3.63) is 33.9 Å². The number of nitro benzene ring substituents is 1. The monoisotopic (exact) mass is 279 g/mol. The molecule has 0 bridgehead atoms. The van der Waals surface area contributed by atoms with Crippen molar-refractivity contribution < 1.29 is 4.92 Å². The summed E-state index contributed by atoms with van der Waals surface area (Å²) in [6.07, 6.45) is 0. The Hall–Kier alpha value is -1.70. The van der Waals surface area contributed by atoms with Gasteiger partial charge in [-0.1, -0.05) is 12.1 Å². The Morgan fingerprint density at radius 2 is 2.25 bits per heavy atom. The first kappa shape index (κ1) is 14.7. The molecule has 0 aliphatic carbocycles. The SMILES string of the molecule is CC1CN(Cc2cccc([N+](=O)[O-])c2NN)CCN1C. The molecule has 110 valence electrons. The van der Waals surface area contributed by atoms with Crippen LogP contribution in [-0.4, -0.2) is 47.4 Å². The van der Waals surface area contributed by atoms with Crippen LogP contribution in [0.5, 0.6) is 0 Å². The van der Waals surface area contributed by atoms with Crippen LogP contribution in [0.2, 0.25) is 0 Å². The lowest BCUT2D eigenvalue weighted by molar-refractivity contribution is -0.384. The van der Waals surface area contributed by atoms with Crippen molar-refractivity contribution in [2.75, 3.05) is 32.1 Å². The van der Waals surface area contributed by atoms with Crippen LogP contribution in [0.3, 0.4) is 0 Å². The summed E-state index contributed by atoms with van der Waals surface area (Å²) in [7, 11) is 2.11. The number of hydrazine groups is 1. The normalized spacial score (nSPS) is 20.9. The molecule has 0 radical (unpaired) electrons. The van der Waals surface area contributed by atoms with E-state index in [2.05, 4.69) is 29.2 Å². The Morgan fingerprint density at radius 3 is 2.85 bits per heavy atom. The molecule has 1 aliphatic rings. The van der Waals surface area contributed by atoms with Gasteiger partial charge in [0.15, 0.2) is 0 Å². The van der Waals surface area contributed by atoms with Gasteiger partial charge in [0.2, 0.25) is 0 Å². The maximum atomic E-state index is 11.0. The van der Waals surface area contributed by atoms with Gasteiger partial charge in [-0.25, -0.2) is 0 Å². The van der Waals surface area contributed by atoms with Gasteiger partial charge in [0.25, 0.3) is 5.69 Å². The number of para-hydroxylation sites is 1. The largest absolute Gasteiger partial charge is 0.318 e. The molecule has 0 aromatic heterocycles. The molecule has 1 aromatic carbocycles. The number of hydrogen-bond acceptors (Lipinski definition) is 6. The van der Waals surface area contributed by atoms with Crippen molar-refractivity contribution in [1.82, 2.24) is 9.80 Å². The number of nitrogens with one attached hydrogen (secondary N) is 1. The lowest BCUT2D eigenvalue weighted by Gasteiger charge is -2.37. The van der Waals surface area contributed by atoms with Crippen LogP contribution in [0.4, 0.5) is 11.4 Å². The fourth-order valence-corrected chi connectivity index (χ4v) is 2.55. The molecule has 0 amide bonds. The van der Waals surface area contributed by atoms with E-state index >= 15 is 0 Å². The molecule has 0 spiro atoms. The van der Waals surface area contributed by atoms with Crippen LogP contribution in [0.25, 0.3) is 0 Å². The number of rotatable bonds is 4. The maximum Gasteiger partial charge on any atom is 0.293 e. The molecule has 1 saturated heterocycles. The third-order valence-corrected chi connectivity index (χ3v) is 3.91. The number of anilines is 1. The lowest BCUT2D eigenvalue weighted by Crippen LogP contribution is -2.49. The fraction of sp³-hybridized carbons (Fsp3) is 0.538. The predicted octanol–water partition coefficient (Wildman–Crippen LogP) is 1.02. The van der Waals surface area contributed by atoms with Gasteiger partial charge in [-0.15, -0.1) is 0 Å². The van der Waals surface area contributed by atoms with Gasteiger partial charge < -0.3 is 10.3 Å². The summed E-state index contributed by atoms with van der Waals surface area (Å²) in [6, 6.07) is 5.53. The summed E-state index contributed by atoms with van der Waals surface area (Å²) < 4.78 is 0. The van der Waals surface area contributed by atoms with Gasteiger partial charge in [0.1, 0.15) is 5.69 Å². The molecular formula is C13H21N5O2. The number of nitrogens with two attached hydrogens (primary N) is 1. The van der Waals surface area contributed by atoms with E-state index in [1.807, 2.05) is 6.07 Å². The fourth-order valence-electron chi connectivity index (χ4n) is 2.55. The zero-order chi connectivity index (χ0) is 14.7. The molecule has 20 heavy (non-hydrogen) atoms. The Bertz CT molecular complexity index is 494. The third kappa shape index (κ3) is 3.06. The van der Waals surface area contributed by atoms with Crippen molar-refractivity contribution in [3.8, 4) is 0 Å². The molecular weight excluding hydrogens is 258 g/mol. The van der Waals surface area contributed by atoms with Crippen molar-refractivity contribution >= 4 is 11.4 Å². The highest BCUT2D eigenvalue weighted by molar-refractivity contribution is 5.65. The Morgan fingerprint density at radius 1 is 1.50 bits per heavy atom. The third-order valence-electron chi connectivity index (χ3n) is 3.91. The summed E-state index contributed by atoms with van der Waals surface area (Å²) in [5.41, 5.74) is 3.76. The molecule has 1 unspecified atom stereocenters. The summed E-state index contributed by atoms with van der Waals surface area (Å²) in [5, 5.41) is 11.0. The van der Waals surface area contributed by atoms with E-state index in [0.29, 0.717) is 18.3 Å².